The lowest BCUT2D eigenvalue weighted by atomic mass is 10.2. The van der Waals surface area contributed by atoms with Crippen LogP contribution in [0.2, 0.25) is 4.34 Å². The van der Waals surface area contributed by atoms with Crippen LogP contribution < -0.4 is 0 Å². The zero-order chi connectivity index (χ0) is 13.9. The van der Waals surface area contributed by atoms with Crippen molar-refractivity contribution in [2.75, 3.05) is 0 Å². The van der Waals surface area contributed by atoms with Crippen molar-refractivity contribution in [1.29, 1.82) is 5.26 Å². The summed E-state index contributed by atoms with van der Waals surface area (Å²) < 4.78 is 4.76. The van der Waals surface area contributed by atoms with E-state index in [1.165, 1.54) is 28.9 Å². The summed E-state index contributed by atoms with van der Waals surface area (Å²) in [7, 11) is 0. The fourth-order valence-electron chi connectivity index (χ4n) is 1.75. The Morgan fingerprint density at radius 1 is 1.30 bits per heavy atom. The summed E-state index contributed by atoms with van der Waals surface area (Å²) in [5.41, 5.74) is 2.34. The molecule has 0 atom stereocenters. The molecule has 0 aliphatic heterocycles. The average Bonchev–Trinajstić information content (AvgIpc) is 2.86. The van der Waals surface area contributed by atoms with Crippen molar-refractivity contribution in [3.63, 3.8) is 0 Å². The third kappa shape index (κ3) is 2.63. The fourth-order valence-corrected chi connectivity index (χ4v) is 3.45. The molecule has 2 aromatic heterocycles. The number of thioether (sulfide) groups is 1. The summed E-state index contributed by atoms with van der Waals surface area (Å²) in [6, 6.07) is 14.0. The van der Waals surface area contributed by atoms with Gasteiger partial charge < -0.3 is 0 Å². The van der Waals surface area contributed by atoms with Crippen molar-refractivity contribution < 1.29 is 0 Å². The van der Waals surface area contributed by atoms with E-state index < -0.39 is 0 Å². The molecule has 6 heteroatoms. The predicted molar refractivity (Wildman–Crippen MR) is 83.1 cm³/mol. The molecule has 0 unspecified atom stereocenters. The van der Waals surface area contributed by atoms with Crippen molar-refractivity contribution in [2.24, 2.45) is 0 Å². The van der Waals surface area contributed by atoms with Gasteiger partial charge in [0.1, 0.15) is 15.4 Å². The first-order valence-corrected chi connectivity index (χ1v) is 7.94. The van der Waals surface area contributed by atoms with E-state index in [0.29, 0.717) is 20.6 Å². The number of nitriles is 1. The molecule has 2 heterocycles. The van der Waals surface area contributed by atoms with Crippen molar-refractivity contribution in [3.8, 4) is 6.07 Å². The third-order valence-corrected chi connectivity index (χ3v) is 4.85. The Bertz CT molecular complexity index is 793. The Kier molecular flexibility index (Phi) is 3.88. The van der Waals surface area contributed by atoms with Gasteiger partial charge in [-0.05, 0) is 23.2 Å². The highest BCUT2D eigenvalue weighted by Gasteiger charge is 2.12. The van der Waals surface area contributed by atoms with Crippen LogP contribution in [0.3, 0.4) is 0 Å². The van der Waals surface area contributed by atoms with Crippen LogP contribution in [0, 0.1) is 11.3 Å². The molecule has 0 radical (unpaired) electrons. The molecular weight excluding hydrogens is 310 g/mol. The molecule has 0 bridgehead atoms. The summed E-state index contributed by atoms with van der Waals surface area (Å²) in [6.45, 7) is 0. The van der Waals surface area contributed by atoms with E-state index in [2.05, 4.69) is 27.6 Å². The van der Waals surface area contributed by atoms with Crippen molar-refractivity contribution in [3.05, 3.63) is 51.9 Å². The van der Waals surface area contributed by atoms with Gasteiger partial charge in [0, 0.05) is 5.75 Å². The Hall–Kier alpha value is -1.61. The van der Waals surface area contributed by atoms with Crippen LogP contribution in [-0.2, 0) is 5.75 Å². The molecule has 0 aliphatic carbocycles. The summed E-state index contributed by atoms with van der Waals surface area (Å²) >= 11 is 8.76. The average molecular weight is 318 g/mol. The number of aromatic nitrogens is 2. The molecule has 1 aromatic carbocycles. The van der Waals surface area contributed by atoms with E-state index in [0.717, 1.165) is 11.1 Å². The lowest BCUT2D eigenvalue weighted by Crippen LogP contribution is -1.89. The van der Waals surface area contributed by atoms with Crippen molar-refractivity contribution in [1.82, 2.24) is 9.36 Å². The maximum absolute atomic E-state index is 9.24. The van der Waals surface area contributed by atoms with Crippen LogP contribution in [0.25, 0.3) is 11.0 Å². The van der Waals surface area contributed by atoms with Crippen molar-refractivity contribution >= 4 is 45.9 Å². The first-order valence-electron chi connectivity index (χ1n) is 5.80. The van der Waals surface area contributed by atoms with Crippen LogP contribution in [0.15, 0.2) is 41.4 Å². The molecule has 3 rings (SSSR count). The number of benzene rings is 1. The monoisotopic (exact) mass is 317 g/mol. The smallest absolute Gasteiger partial charge is 0.175 e. The van der Waals surface area contributed by atoms with Crippen LogP contribution in [0.4, 0.5) is 0 Å². The van der Waals surface area contributed by atoms with Gasteiger partial charge in [-0.3, -0.25) is 0 Å². The largest absolute Gasteiger partial charge is 0.219 e. The first-order chi connectivity index (χ1) is 9.78. The molecule has 20 heavy (non-hydrogen) atoms. The quantitative estimate of drug-likeness (QED) is 0.667. The van der Waals surface area contributed by atoms with Gasteiger partial charge in [0.05, 0.1) is 10.9 Å². The predicted octanol–water partition coefficient (Wildman–Crippen LogP) is 4.51. The summed E-state index contributed by atoms with van der Waals surface area (Å²) in [5.74, 6) is 0.770. The Morgan fingerprint density at radius 3 is 2.85 bits per heavy atom. The van der Waals surface area contributed by atoms with E-state index in [1.54, 1.807) is 6.07 Å². The summed E-state index contributed by atoms with van der Waals surface area (Å²) in [6.07, 6.45) is 0. The SMILES string of the molecule is N#Cc1cc2c(Cl)snc2nc1SCc1ccccc1. The van der Waals surface area contributed by atoms with Gasteiger partial charge in [0.2, 0.25) is 0 Å². The zero-order valence-electron chi connectivity index (χ0n) is 10.2. The highest BCUT2D eigenvalue weighted by Crippen LogP contribution is 2.31. The second kappa shape index (κ2) is 5.80. The Labute approximate surface area is 129 Å². The maximum atomic E-state index is 9.24. The van der Waals surface area contributed by atoms with Gasteiger partial charge in [0.25, 0.3) is 0 Å². The third-order valence-electron chi connectivity index (χ3n) is 2.73. The lowest BCUT2D eigenvalue weighted by molar-refractivity contribution is 1.14. The van der Waals surface area contributed by atoms with Gasteiger partial charge in [-0.15, -0.1) is 11.8 Å². The Morgan fingerprint density at radius 2 is 2.10 bits per heavy atom. The minimum absolute atomic E-state index is 0.542. The first kappa shape index (κ1) is 13.4. The molecule has 0 N–H and O–H groups in total. The molecule has 3 aromatic rings. The molecular formula is C14H8ClN3S2. The zero-order valence-corrected chi connectivity index (χ0v) is 12.6. The fraction of sp³-hybridized carbons (Fsp3) is 0.0714. The highest BCUT2D eigenvalue weighted by molar-refractivity contribution is 7.98. The van der Waals surface area contributed by atoms with Crippen LogP contribution in [0.1, 0.15) is 11.1 Å². The van der Waals surface area contributed by atoms with Gasteiger partial charge in [-0.25, -0.2) is 4.98 Å². The molecule has 0 amide bonds. The standard InChI is InChI=1S/C14H8ClN3S2/c15-12-11-6-10(7-16)14(17-13(11)18-20-12)19-8-9-4-2-1-3-5-9/h1-6H,8H2. The number of hydrogen-bond donors (Lipinski definition) is 0. The van der Waals surface area contributed by atoms with Gasteiger partial charge >= 0.3 is 0 Å². The number of pyridine rings is 1. The van der Waals surface area contributed by atoms with E-state index in [4.69, 9.17) is 11.6 Å². The highest BCUT2D eigenvalue weighted by atomic mass is 35.5. The molecule has 3 nitrogen and oxygen atoms in total. The van der Waals surface area contributed by atoms with Gasteiger partial charge in [-0.2, -0.15) is 9.64 Å². The number of nitrogens with zero attached hydrogens (tertiary/aromatic N) is 3. The van der Waals surface area contributed by atoms with Gasteiger partial charge in [0.15, 0.2) is 5.65 Å². The maximum Gasteiger partial charge on any atom is 0.175 e. The molecule has 0 fully saturated rings. The van der Waals surface area contributed by atoms with Crippen LogP contribution >= 0.6 is 34.9 Å². The number of rotatable bonds is 3. The molecule has 0 saturated heterocycles. The van der Waals surface area contributed by atoms with Crippen LogP contribution in [0.5, 0.6) is 0 Å². The van der Waals surface area contributed by atoms with E-state index in [1.807, 2.05) is 18.2 Å². The van der Waals surface area contributed by atoms with Crippen molar-refractivity contribution in [2.45, 2.75) is 10.8 Å². The molecule has 98 valence electrons. The normalized spacial score (nSPS) is 10.6. The van der Waals surface area contributed by atoms with E-state index in [9.17, 15) is 5.26 Å². The number of hydrogen-bond acceptors (Lipinski definition) is 5. The molecule has 0 saturated carbocycles. The minimum Gasteiger partial charge on any atom is -0.219 e. The van der Waals surface area contributed by atoms with E-state index >= 15 is 0 Å². The second-order valence-electron chi connectivity index (χ2n) is 4.05. The van der Waals surface area contributed by atoms with Crippen LogP contribution in [-0.4, -0.2) is 9.36 Å². The summed E-state index contributed by atoms with van der Waals surface area (Å²) in [4.78, 5) is 4.44. The molecule has 0 spiro atoms. The van der Waals surface area contributed by atoms with E-state index in [-0.39, 0.29) is 0 Å². The lowest BCUT2D eigenvalue weighted by Gasteiger charge is -2.03. The number of halogens is 1. The molecule has 0 aliphatic rings. The summed E-state index contributed by atoms with van der Waals surface area (Å²) in [5, 5.41) is 10.7. The van der Waals surface area contributed by atoms with Gasteiger partial charge in [-0.1, -0.05) is 41.9 Å². The Balaban J connectivity index is 1.92. The minimum atomic E-state index is 0.542. The number of fused-ring (bicyclic) bond motifs is 1. The second-order valence-corrected chi connectivity index (χ2v) is 6.39. The topological polar surface area (TPSA) is 49.6 Å².